The summed E-state index contributed by atoms with van der Waals surface area (Å²) in [5.41, 5.74) is 1.74. The molecule has 7 heteroatoms. The molecule has 2 aromatic rings. The molecule has 0 spiro atoms. The van der Waals surface area contributed by atoms with Crippen molar-refractivity contribution in [2.75, 3.05) is 13.3 Å². The molecule has 1 aliphatic rings. The molecule has 172 valence electrons. The summed E-state index contributed by atoms with van der Waals surface area (Å²) < 4.78 is 24.1. The second kappa shape index (κ2) is 11.0. The first kappa shape index (κ1) is 23.6. The first-order valence-electron chi connectivity index (χ1n) is 11.1. The lowest BCUT2D eigenvalue weighted by Gasteiger charge is -2.31. The number of halogens is 1. The Labute approximate surface area is 188 Å². The largest absolute Gasteiger partial charge is 0.454 e. The second-order valence-corrected chi connectivity index (χ2v) is 8.40. The Morgan fingerprint density at radius 1 is 1.06 bits per heavy atom. The van der Waals surface area contributed by atoms with E-state index in [2.05, 4.69) is 5.32 Å². The normalized spacial score (nSPS) is 13.2. The van der Waals surface area contributed by atoms with E-state index in [-0.39, 0.29) is 37.4 Å². The van der Waals surface area contributed by atoms with Crippen LogP contribution in [0, 0.1) is 11.7 Å². The molecule has 0 radical (unpaired) electrons. The van der Waals surface area contributed by atoms with Crippen molar-refractivity contribution in [1.82, 2.24) is 10.2 Å². The molecule has 6 nitrogen and oxygen atoms in total. The van der Waals surface area contributed by atoms with Gasteiger partial charge in [0.2, 0.25) is 18.6 Å². The molecule has 0 aliphatic carbocycles. The number of aryl methyl sites for hydroxylation is 1. The number of carbonyl (C=O) groups is 2. The van der Waals surface area contributed by atoms with E-state index in [1.54, 1.807) is 17.0 Å². The van der Waals surface area contributed by atoms with E-state index in [1.165, 1.54) is 12.1 Å². The Bertz CT molecular complexity index is 930. The number of carbonyl (C=O) groups excluding carboxylic acids is 2. The van der Waals surface area contributed by atoms with E-state index in [4.69, 9.17) is 9.47 Å². The molecule has 1 N–H and O–H groups in total. The van der Waals surface area contributed by atoms with Gasteiger partial charge in [0, 0.05) is 19.5 Å². The van der Waals surface area contributed by atoms with Gasteiger partial charge in [-0.05, 0) is 54.2 Å². The number of amides is 2. The number of fused-ring (bicyclic) bond motifs is 1. The highest BCUT2D eigenvalue weighted by atomic mass is 19.1. The van der Waals surface area contributed by atoms with Crippen LogP contribution in [0.4, 0.5) is 4.39 Å². The minimum atomic E-state index is -0.594. The van der Waals surface area contributed by atoms with Crippen molar-refractivity contribution >= 4 is 11.8 Å². The van der Waals surface area contributed by atoms with Crippen molar-refractivity contribution in [3.05, 3.63) is 59.4 Å². The molecule has 0 aromatic heterocycles. The molecule has 2 aromatic carbocycles. The highest BCUT2D eigenvalue weighted by Gasteiger charge is 2.28. The lowest BCUT2D eigenvalue weighted by Crippen LogP contribution is -2.49. The number of hydrogen-bond acceptors (Lipinski definition) is 4. The third-order valence-electron chi connectivity index (χ3n) is 5.40. The van der Waals surface area contributed by atoms with Crippen molar-refractivity contribution < 1.29 is 23.5 Å². The summed E-state index contributed by atoms with van der Waals surface area (Å²) in [5.74, 6) is 1.06. The Morgan fingerprint density at radius 2 is 1.75 bits per heavy atom. The van der Waals surface area contributed by atoms with E-state index in [0.717, 1.165) is 11.1 Å². The van der Waals surface area contributed by atoms with Crippen LogP contribution >= 0.6 is 0 Å². The van der Waals surface area contributed by atoms with Crippen LogP contribution in [-0.4, -0.2) is 36.1 Å². The van der Waals surface area contributed by atoms with Gasteiger partial charge in [0.25, 0.3) is 0 Å². The molecule has 32 heavy (non-hydrogen) atoms. The topological polar surface area (TPSA) is 67.9 Å². The van der Waals surface area contributed by atoms with Crippen LogP contribution in [0.2, 0.25) is 0 Å². The molecule has 0 saturated carbocycles. The van der Waals surface area contributed by atoms with Gasteiger partial charge in [-0.2, -0.15) is 0 Å². The van der Waals surface area contributed by atoms with Crippen LogP contribution in [0.5, 0.6) is 11.5 Å². The number of hydrogen-bond donors (Lipinski definition) is 1. The Kier molecular flexibility index (Phi) is 8.09. The van der Waals surface area contributed by atoms with Gasteiger partial charge >= 0.3 is 0 Å². The summed E-state index contributed by atoms with van der Waals surface area (Å²) in [6.45, 7) is 6.93. The minimum absolute atomic E-state index is 0.126. The van der Waals surface area contributed by atoms with Gasteiger partial charge < -0.3 is 19.7 Å². The highest BCUT2D eigenvalue weighted by molar-refractivity contribution is 5.87. The summed E-state index contributed by atoms with van der Waals surface area (Å²) >= 11 is 0. The smallest absolute Gasteiger partial charge is 0.242 e. The van der Waals surface area contributed by atoms with Crippen molar-refractivity contribution in [2.45, 2.75) is 52.6 Å². The van der Waals surface area contributed by atoms with Crippen LogP contribution in [0.15, 0.2) is 42.5 Å². The van der Waals surface area contributed by atoms with E-state index in [9.17, 15) is 14.0 Å². The number of ether oxygens (including phenoxy) is 2. The van der Waals surface area contributed by atoms with Crippen LogP contribution in [0.1, 0.15) is 44.7 Å². The van der Waals surface area contributed by atoms with Crippen molar-refractivity contribution in [1.29, 1.82) is 0 Å². The summed E-state index contributed by atoms with van der Waals surface area (Å²) in [5, 5.41) is 2.94. The number of nitrogens with one attached hydrogen (secondary N) is 1. The minimum Gasteiger partial charge on any atom is -0.454 e. The van der Waals surface area contributed by atoms with E-state index in [0.29, 0.717) is 36.8 Å². The van der Waals surface area contributed by atoms with E-state index in [1.807, 2.05) is 39.0 Å². The zero-order valence-corrected chi connectivity index (χ0v) is 18.9. The van der Waals surface area contributed by atoms with Crippen molar-refractivity contribution in [2.24, 2.45) is 5.92 Å². The molecule has 1 atom stereocenters. The summed E-state index contributed by atoms with van der Waals surface area (Å²) in [4.78, 5) is 27.8. The average molecular weight is 443 g/mol. The van der Waals surface area contributed by atoms with Gasteiger partial charge in [-0.1, -0.05) is 39.0 Å². The standard InChI is InChI=1S/C25H31FN2O4/c1-4-21(25(30)27-14-17(2)3)28(15-19-5-9-20(26)10-6-19)24(29)12-8-18-7-11-22-23(13-18)32-16-31-22/h5-7,9-11,13,17,21H,4,8,12,14-16H2,1-3H3,(H,27,30)/t21-/m1/s1. The quantitative estimate of drug-likeness (QED) is 0.602. The van der Waals surface area contributed by atoms with Gasteiger partial charge in [-0.3, -0.25) is 9.59 Å². The summed E-state index contributed by atoms with van der Waals surface area (Å²) in [6.07, 6.45) is 1.25. The maximum atomic E-state index is 13.4. The van der Waals surface area contributed by atoms with Crippen LogP contribution in [-0.2, 0) is 22.6 Å². The fourth-order valence-electron chi connectivity index (χ4n) is 3.62. The van der Waals surface area contributed by atoms with Gasteiger partial charge in [-0.25, -0.2) is 4.39 Å². The molecular formula is C25H31FN2O4. The lowest BCUT2D eigenvalue weighted by molar-refractivity contribution is -0.141. The van der Waals surface area contributed by atoms with Gasteiger partial charge in [0.05, 0.1) is 0 Å². The Hall–Kier alpha value is -3.09. The average Bonchev–Trinajstić information content (AvgIpc) is 3.25. The maximum absolute atomic E-state index is 13.4. The molecule has 3 rings (SSSR count). The van der Waals surface area contributed by atoms with Crippen LogP contribution in [0.25, 0.3) is 0 Å². The monoisotopic (exact) mass is 442 g/mol. The van der Waals surface area contributed by atoms with Crippen LogP contribution < -0.4 is 14.8 Å². The number of benzene rings is 2. The molecular weight excluding hydrogens is 411 g/mol. The Balaban J connectivity index is 1.74. The van der Waals surface area contributed by atoms with Crippen LogP contribution in [0.3, 0.4) is 0 Å². The third-order valence-corrected chi connectivity index (χ3v) is 5.40. The van der Waals surface area contributed by atoms with E-state index >= 15 is 0 Å². The van der Waals surface area contributed by atoms with Crippen molar-refractivity contribution in [3.63, 3.8) is 0 Å². The molecule has 0 unspecified atom stereocenters. The fourth-order valence-corrected chi connectivity index (χ4v) is 3.62. The number of rotatable bonds is 10. The maximum Gasteiger partial charge on any atom is 0.242 e. The first-order valence-corrected chi connectivity index (χ1v) is 11.1. The number of nitrogens with zero attached hydrogens (tertiary/aromatic N) is 1. The molecule has 0 bridgehead atoms. The van der Waals surface area contributed by atoms with Crippen molar-refractivity contribution in [3.8, 4) is 11.5 Å². The van der Waals surface area contributed by atoms with Gasteiger partial charge in [0.1, 0.15) is 11.9 Å². The third kappa shape index (κ3) is 6.22. The Morgan fingerprint density at radius 3 is 2.44 bits per heavy atom. The van der Waals surface area contributed by atoms with Gasteiger partial charge in [0.15, 0.2) is 11.5 Å². The molecule has 0 fully saturated rings. The zero-order chi connectivity index (χ0) is 23.1. The molecule has 1 heterocycles. The molecule has 1 aliphatic heterocycles. The van der Waals surface area contributed by atoms with E-state index < -0.39 is 6.04 Å². The van der Waals surface area contributed by atoms with Gasteiger partial charge in [-0.15, -0.1) is 0 Å². The summed E-state index contributed by atoms with van der Waals surface area (Å²) in [6, 6.07) is 11.1. The SMILES string of the molecule is CC[C@H](C(=O)NCC(C)C)N(Cc1ccc(F)cc1)C(=O)CCc1ccc2c(c1)OCO2. The first-order chi connectivity index (χ1) is 15.4. The summed E-state index contributed by atoms with van der Waals surface area (Å²) in [7, 11) is 0. The molecule has 2 amide bonds. The fraction of sp³-hybridized carbons (Fsp3) is 0.440. The predicted molar refractivity (Wildman–Crippen MR) is 120 cm³/mol. The zero-order valence-electron chi connectivity index (χ0n) is 18.9. The lowest BCUT2D eigenvalue weighted by atomic mass is 10.1. The predicted octanol–water partition coefficient (Wildman–Crippen LogP) is 4.07. The molecule has 0 saturated heterocycles. The highest BCUT2D eigenvalue weighted by Crippen LogP contribution is 2.32. The second-order valence-electron chi connectivity index (χ2n) is 8.40.